The molecule has 126 valence electrons. The zero-order valence-electron chi connectivity index (χ0n) is 13.6. The second kappa shape index (κ2) is 6.83. The summed E-state index contributed by atoms with van der Waals surface area (Å²) in [5, 5.41) is 6.46. The highest BCUT2D eigenvalue weighted by atomic mass is 19.1. The fourth-order valence-corrected chi connectivity index (χ4v) is 3.32. The lowest BCUT2D eigenvalue weighted by atomic mass is 10.2. The van der Waals surface area contributed by atoms with E-state index in [-0.39, 0.29) is 6.54 Å². The summed E-state index contributed by atoms with van der Waals surface area (Å²) >= 11 is 0. The molecule has 1 heterocycles. The third-order valence-corrected chi connectivity index (χ3v) is 4.66. The van der Waals surface area contributed by atoms with Gasteiger partial charge in [0.2, 0.25) is 0 Å². The molecule has 2 atom stereocenters. The smallest absolute Gasteiger partial charge is 0.191 e. The molecule has 2 fully saturated rings. The Bertz CT molecular complexity index is 586. The molecule has 0 aromatic heterocycles. The molecule has 2 aliphatic rings. The summed E-state index contributed by atoms with van der Waals surface area (Å²) in [5.41, 5.74) is 0.298. The highest BCUT2D eigenvalue weighted by Gasteiger charge is 2.38. The zero-order valence-corrected chi connectivity index (χ0v) is 13.6. The number of guanidine groups is 1. The fourth-order valence-electron chi connectivity index (χ4n) is 3.32. The van der Waals surface area contributed by atoms with Crippen molar-refractivity contribution in [1.82, 2.24) is 15.5 Å². The van der Waals surface area contributed by atoms with E-state index in [4.69, 9.17) is 0 Å². The molecule has 0 spiro atoms. The lowest BCUT2D eigenvalue weighted by Crippen LogP contribution is -2.44. The Kier molecular flexibility index (Phi) is 4.80. The number of benzene rings is 1. The Labute approximate surface area is 136 Å². The molecule has 3 rings (SSSR count). The van der Waals surface area contributed by atoms with Crippen molar-refractivity contribution in [2.45, 2.75) is 50.9 Å². The second-order valence-corrected chi connectivity index (χ2v) is 6.52. The molecular formula is C17H24F2N4. The predicted molar refractivity (Wildman–Crippen MR) is 87.3 cm³/mol. The van der Waals surface area contributed by atoms with E-state index in [1.54, 1.807) is 7.05 Å². The van der Waals surface area contributed by atoms with Gasteiger partial charge in [0.05, 0.1) is 0 Å². The van der Waals surface area contributed by atoms with E-state index in [0.717, 1.165) is 31.1 Å². The Morgan fingerprint density at radius 1 is 1.35 bits per heavy atom. The largest absolute Gasteiger partial charge is 0.352 e. The lowest BCUT2D eigenvalue weighted by Gasteiger charge is -2.20. The van der Waals surface area contributed by atoms with E-state index >= 15 is 0 Å². The molecule has 2 N–H and O–H groups in total. The molecule has 4 nitrogen and oxygen atoms in total. The van der Waals surface area contributed by atoms with Crippen LogP contribution in [0.25, 0.3) is 0 Å². The van der Waals surface area contributed by atoms with Gasteiger partial charge in [0.15, 0.2) is 5.96 Å². The molecule has 0 bridgehead atoms. The van der Waals surface area contributed by atoms with Gasteiger partial charge in [-0.05, 0) is 44.4 Å². The van der Waals surface area contributed by atoms with Crippen LogP contribution in [0, 0.1) is 11.6 Å². The maximum absolute atomic E-state index is 13.7. The van der Waals surface area contributed by atoms with Crippen molar-refractivity contribution in [3.05, 3.63) is 35.4 Å². The molecule has 1 aromatic rings. The van der Waals surface area contributed by atoms with Gasteiger partial charge in [0, 0.05) is 43.8 Å². The second-order valence-electron chi connectivity index (χ2n) is 6.52. The van der Waals surface area contributed by atoms with Gasteiger partial charge < -0.3 is 10.6 Å². The third kappa shape index (κ3) is 3.99. The van der Waals surface area contributed by atoms with Crippen molar-refractivity contribution in [3.8, 4) is 0 Å². The van der Waals surface area contributed by atoms with Crippen molar-refractivity contribution in [2.24, 2.45) is 4.99 Å². The van der Waals surface area contributed by atoms with Crippen molar-refractivity contribution in [1.29, 1.82) is 0 Å². The van der Waals surface area contributed by atoms with Gasteiger partial charge in [-0.1, -0.05) is 0 Å². The molecule has 1 saturated carbocycles. The van der Waals surface area contributed by atoms with Gasteiger partial charge in [-0.15, -0.1) is 0 Å². The minimum absolute atomic E-state index is 0.206. The fraction of sp³-hybridized carbons (Fsp3) is 0.588. The molecule has 23 heavy (non-hydrogen) atoms. The van der Waals surface area contributed by atoms with E-state index in [1.807, 2.05) is 0 Å². The lowest BCUT2D eigenvalue weighted by molar-refractivity contribution is 0.256. The van der Waals surface area contributed by atoms with Crippen molar-refractivity contribution in [2.75, 3.05) is 13.6 Å². The first-order valence-corrected chi connectivity index (χ1v) is 8.23. The summed E-state index contributed by atoms with van der Waals surface area (Å²) in [6.45, 7) is 3.48. The number of likely N-dealkylation sites (tertiary alicyclic amines) is 1. The van der Waals surface area contributed by atoms with Gasteiger partial charge in [-0.2, -0.15) is 0 Å². The third-order valence-electron chi connectivity index (χ3n) is 4.66. The molecular weight excluding hydrogens is 298 g/mol. The van der Waals surface area contributed by atoms with E-state index in [2.05, 4.69) is 27.4 Å². The highest BCUT2D eigenvalue weighted by molar-refractivity contribution is 5.80. The topological polar surface area (TPSA) is 39.7 Å². The minimum Gasteiger partial charge on any atom is -0.352 e. The number of aliphatic imine (C=N–C) groups is 1. The monoisotopic (exact) mass is 322 g/mol. The maximum Gasteiger partial charge on any atom is 0.191 e. The maximum atomic E-state index is 13.7. The number of hydrogen-bond donors (Lipinski definition) is 2. The van der Waals surface area contributed by atoms with Crippen LogP contribution in [-0.4, -0.2) is 42.6 Å². The van der Waals surface area contributed by atoms with Gasteiger partial charge in [0.25, 0.3) is 0 Å². The van der Waals surface area contributed by atoms with E-state index in [9.17, 15) is 8.78 Å². The van der Waals surface area contributed by atoms with Crippen LogP contribution in [0.5, 0.6) is 0 Å². The van der Waals surface area contributed by atoms with Gasteiger partial charge in [-0.3, -0.25) is 9.89 Å². The molecule has 6 heteroatoms. The summed E-state index contributed by atoms with van der Waals surface area (Å²) < 4.78 is 26.9. The van der Waals surface area contributed by atoms with Crippen LogP contribution in [0.3, 0.4) is 0 Å². The molecule has 2 unspecified atom stereocenters. The van der Waals surface area contributed by atoms with E-state index in [1.165, 1.54) is 18.9 Å². The summed E-state index contributed by atoms with van der Waals surface area (Å²) in [7, 11) is 1.69. The molecule has 0 radical (unpaired) electrons. The van der Waals surface area contributed by atoms with Crippen LogP contribution in [0.4, 0.5) is 8.78 Å². The SMILES string of the molecule is CN=C(NCc1cc(F)ccc1F)NC1CC(C)N(C2CC2)C1. The molecule has 1 aromatic carbocycles. The molecule has 1 saturated heterocycles. The Morgan fingerprint density at radius 2 is 2.13 bits per heavy atom. The van der Waals surface area contributed by atoms with Crippen molar-refractivity contribution < 1.29 is 8.78 Å². The number of rotatable bonds is 4. The summed E-state index contributed by atoms with van der Waals surface area (Å²) in [5.74, 6) is -0.219. The molecule has 0 amide bonds. The van der Waals surface area contributed by atoms with Crippen LogP contribution in [-0.2, 0) is 6.54 Å². The van der Waals surface area contributed by atoms with Crippen LogP contribution >= 0.6 is 0 Å². The number of nitrogens with zero attached hydrogens (tertiary/aromatic N) is 2. The standard InChI is InChI=1S/C17H24F2N4/c1-11-7-14(10-23(11)15-4-5-15)22-17(20-2)21-9-12-8-13(18)3-6-16(12)19/h3,6,8,11,14-15H,4-5,7,9-10H2,1-2H3,(H2,20,21,22). The Balaban J connectivity index is 1.53. The average molecular weight is 322 g/mol. The Hall–Kier alpha value is -1.69. The average Bonchev–Trinajstić information content (AvgIpc) is 3.30. The first-order chi connectivity index (χ1) is 11.1. The number of nitrogens with one attached hydrogen (secondary N) is 2. The van der Waals surface area contributed by atoms with E-state index in [0.29, 0.717) is 23.6 Å². The highest BCUT2D eigenvalue weighted by Crippen LogP contribution is 2.33. The normalized spacial score (nSPS) is 25.7. The number of hydrogen-bond acceptors (Lipinski definition) is 2. The zero-order chi connectivity index (χ0) is 16.4. The molecule has 1 aliphatic heterocycles. The minimum atomic E-state index is -0.434. The van der Waals surface area contributed by atoms with Crippen LogP contribution in [0.1, 0.15) is 31.7 Å². The van der Waals surface area contributed by atoms with Crippen LogP contribution in [0.15, 0.2) is 23.2 Å². The summed E-state index contributed by atoms with van der Waals surface area (Å²) in [6, 6.07) is 5.16. The van der Waals surface area contributed by atoms with Crippen molar-refractivity contribution >= 4 is 5.96 Å². The Morgan fingerprint density at radius 3 is 2.83 bits per heavy atom. The quantitative estimate of drug-likeness (QED) is 0.660. The van der Waals surface area contributed by atoms with Gasteiger partial charge in [0.1, 0.15) is 11.6 Å². The van der Waals surface area contributed by atoms with Gasteiger partial charge >= 0.3 is 0 Å². The predicted octanol–water partition coefficient (Wildman–Crippen LogP) is 2.25. The number of halogens is 2. The van der Waals surface area contributed by atoms with E-state index < -0.39 is 11.6 Å². The summed E-state index contributed by atoms with van der Waals surface area (Å²) in [4.78, 5) is 6.74. The van der Waals surface area contributed by atoms with Crippen LogP contribution < -0.4 is 10.6 Å². The van der Waals surface area contributed by atoms with Gasteiger partial charge in [-0.25, -0.2) is 8.78 Å². The molecule has 1 aliphatic carbocycles. The first kappa shape index (κ1) is 16.2. The first-order valence-electron chi connectivity index (χ1n) is 8.23. The summed E-state index contributed by atoms with van der Waals surface area (Å²) in [6.07, 6.45) is 3.69. The van der Waals surface area contributed by atoms with Crippen LogP contribution in [0.2, 0.25) is 0 Å². The van der Waals surface area contributed by atoms with Crippen molar-refractivity contribution in [3.63, 3.8) is 0 Å².